The monoisotopic (exact) mass is 325 g/mol. The smallest absolute Gasteiger partial charge is 0.142 e. The van der Waals surface area contributed by atoms with Crippen molar-refractivity contribution in [3.05, 3.63) is 11.3 Å². The fourth-order valence-electron chi connectivity index (χ4n) is 4.09. The predicted octanol–water partition coefficient (Wildman–Crippen LogP) is 5.97. The van der Waals surface area contributed by atoms with E-state index in [0.29, 0.717) is 5.04 Å². The molecule has 0 amide bonds. The van der Waals surface area contributed by atoms with E-state index in [0.717, 1.165) is 6.04 Å². The molecule has 1 saturated carbocycles. The Morgan fingerprint density at radius 2 is 1.67 bits per heavy atom. The van der Waals surface area contributed by atoms with Crippen molar-refractivity contribution in [1.29, 1.82) is 0 Å². The SMILES string of the molecule is C/C=C(\C)[Si](CC)(NC1CCCCC1)[Si](C)(C)C(C)(C)C. The third kappa shape index (κ3) is 3.73. The molecule has 0 aromatic heterocycles. The molecule has 0 saturated heterocycles. The van der Waals surface area contributed by atoms with Crippen molar-refractivity contribution in [3.63, 3.8) is 0 Å². The van der Waals surface area contributed by atoms with E-state index in [9.17, 15) is 0 Å². The second kappa shape index (κ2) is 7.14. The summed E-state index contributed by atoms with van der Waals surface area (Å²) >= 11 is 0. The van der Waals surface area contributed by atoms with Gasteiger partial charge in [0.1, 0.15) is 7.75 Å². The molecule has 1 atom stereocenters. The Hall–Kier alpha value is 0.134. The van der Waals surface area contributed by atoms with Gasteiger partial charge in [-0.2, -0.15) is 0 Å². The lowest BCUT2D eigenvalue weighted by Crippen LogP contribution is -2.74. The van der Waals surface area contributed by atoms with Gasteiger partial charge in [0.05, 0.1) is 7.59 Å². The molecule has 1 nitrogen and oxygen atoms in total. The second-order valence-corrected chi connectivity index (χ2v) is 23.2. The van der Waals surface area contributed by atoms with Gasteiger partial charge in [0, 0.05) is 6.04 Å². The summed E-state index contributed by atoms with van der Waals surface area (Å²) in [5.41, 5.74) is 0. The third-order valence-corrected chi connectivity index (χ3v) is 27.4. The van der Waals surface area contributed by atoms with Crippen LogP contribution in [-0.2, 0) is 0 Å². The zero-order valence-corrected chi connectivity index (χ0v) is 17.9. The molecule has 0 aliphatic heterocycles. The number of allylic oxidation sites excluding steroid dienone is 2. The van der Waals surface area contributed by atoms with Gasteiger partial charge in [-0.05, 0) is 37.8 Å². The number of hydrogen-bond donors (Lipinski definition) is 1. The molecule has 0 bridgehead atoms. The number of nitrogens with one attached hydrogen (secondary N) is 1. The molecule has 0 heterocycles. The molecule has 3 heteroatoms. The fourth-order valence-corrected chi connectivity index (χ4v) is 21.6. The van der Waals surface area contributed by atoms with Crippen molar-refractivity contribution in [2.75, 3.05) is 0 Å². The van der Waals surface area contributed by atoms with E-state index in [1.807, 2.05) is 0 Å². The van der Waals surface area contributed by atoms with Gasteiger partial charge in [0.15, 0.2) is 0 Å². The van der Waals surface area contributed by atoms with Crippen molar-refractivity contribution < 1.29 is 0 Å². The standard InChI is InChI=1S/C18H39NSi2/c1-9-16(3)21(10-2,20(7,8)18(4,5)6)19-17-14-12-11-13-15-17/h9,17,19H,10-15H2,1-8H3/b16-9+. The molecule has 1 N–H and O–H groups in total. The van der Waals surface area contributed by atoms with Crippen molar-refractivity contribution in [2.24, 2.45) is 0 Å². The van der Waals surface area contributed by atoms with Crippen LogP contribution in [0.25, 0.3) is 0 Å². The van der Waals surface area contributed by atoms with Crippen LogP contribution >= 0.6 is 0 Å². The molecular weight excluding hydrogens is 286 g/mol. The summed E-state index contributed by atoms with van der Waals surface area (Å²) in [5, 5.41) is 2.17. The van der Waals surface area contributed by atoms with E-state index in [4.69, 9.17) is 0 Å². The lowest BCUT2D eigenvalue weighted by molar-refractivity contribution is 0.414. The molecule has 21 heavy (non-hydrogen) atoms. The van der Waals surface area contributed by atoms with Crippen molar-refractivity contribution in [3.8, 4) is 0 Å². The fraction of sp³-hybridized carbons (Fsp3) is 0.889. The van der Waals surface area contributed by atoms with Crippen LogP contribution in [0.15, 0.2) is 11.3 Å². The van der Waals surface area contributed by atoms with E-state index >= 15 is 0 Å². The molecule has 1 rings (SSSR count). The van der Waals surface area contributed by atoms with E-state index < -0.39 is 15.3 Å². The largest absolute Gasteiger partial charge is 0.333 e. The quantitative estimate of drug-likeness (QED) is 0.614. The maximum atomic E-state index is 4.35. The number of hydrogen-bond acceptors (Lipinski definition) is 1. The Kier molecular flexibility index (Phi) is 6.52. The van der Waals surface area contributed by atoms with Crippen molar-refractivity contribution in [2.45, 2.75) is 104 Å². The molecule has 0 spiro atoms. The maximum absolute atomic E-state index is 4.35. The molecular formula is C18H39NSi2. The van der Waals surface area contributed by atoms with Crippen molar-refractivity contribution >= 4 is 15.3 Å². The summed E-state index contributed by atoms with van der Waals surface area (Å²) in [6, 6.07) is 2.14. The molecule has 1 aliphatic carbocycles. The first-order chi connectivity index (χ1) is 9.62. The highest BCUT2D eigenvalue weighted by molar-refractivity contribution is 7.44. The normalized spacial score (nSPS) is 22.2. The zero-order valence-electron chi connectivity index (χ0n) is 15.9. The summed E-state index contributed by atoms with van der Waals surface area (Å²) < 4.78 is 0. The maximum Gasteiger partial charge on any atom is 0.142 e. The van der Waals surface area contributed by atoms with Crippen LogP contribution < -0.4 is 4.98 Å². The van der Waals surface area contributed by atoms with Crippen LogP contribution in [0.5, 0.6) is 0 Å². The minimum atomic E-state index is -1.57. The van der Waals surface area contributed by atoms with E-state index in [1.54, 1.807) is 5.20 Å². The highest BCUT2D eigenvalue weighted by Gasteiger charge is 2.55. The Morgan fingerprint density at radius 1 is 1.14 bits per heavy atom. The highest BCUT2D eigenvalue weighted by atomic mass is 29.3. The average Bonchev–Trinajstić information content (AvgIpc) is 2.43. The second-order valence-electron chi connectivity index (χ2n) is 8.58. The van der Waals surface area contributed by atoms with Gasteiger partial charge in [-0.15, -0.1) is 0 Å². The average molecular weight is 326 g/mol. The van der Waals surface area contributed by atoms with Crippen LogP contribution in [0.4, 0.5) is 0 Å². The van der Waals surface area contributed by atoms with Crippen molar-refractivity contribution in [1.82, 2.24) is 4.98 Å². The summed E-state index contributed by atoms with van der Waals surface area (Å²) in [5.74, 6) is 0. The van der Waals surface area contributed by atoms with Gasteiger partial charge in [-0.25, -0.2) is 0 Å². The molecule has 0 radical (unpaired) electrons. The molecule has 0 aromatic rings. The Morgan fingerprint density at radius 3 is 2.05 bits per heavy atom. The third-order valence-electron chi connectivity index (χ3n) is 6.63. The van der Waals surface area contributed by atoms with Gasteiger partial charge >= 0.3 is 0 Å². The first-order valence-corrected chi connectivity index (χ1v) is 15.2. The molecule has 124 valence electrons. The Bertz CT molecular complexity index is 362. The summed E-state index contributed by atoms with van der Waals surface area (Å²) in [7, 11) is -2.97. The van der Waals surface area contributed by atoms with Gasteiger partial charge in [0.25, 0.3) is 0 Å². The molecule has 1 fully saturated rings. The lowest BCUT2D eigenvalue weighted by Gasteiger charge is -2.53. The van der Waals surface area contributed by atoms with E-state index in [1.165, 1.54) is 38.1 Å². The summed E-state index contributed by atoms with van der Waals surface area (Å²) in [6.45, 7) is 19.9. The van der Waals surface area contributed by atoms with Crippen LogP contribution in [0.3, 0.4) is 0 Å². The van der Waals surface area contributed by atoms with Crippen LogP contribution in [0.1, 0.15) is 73.6 Å². The molecule has 0 aromatic carbocycles. The summed E-state index contributed by atoms with van der Waals surface area (Å²) in [4.78, 5) is 4.35. The Balaban J connectivity index is 3.21. The topological polar surface area (TPSA) is 12.0 Å². The number of rotatable bonds is 5. The van der Waals surface area contributed by atoms with Gasteiger partial charge < -0.3 is 4.98 Å². The minimum Gasteiger partial charge on any atom is -0.333 e. The minimum absolute atomic E-state index is 0.459. The Labute approximate surface area is 135 Å². The van der Waals surface area contributed by atoms with Gasteiger partial charge in [0.2, 0.25) is 0 Å². The van der Waals surface area contributed by atoms with Crippen LogP contribution in [-0.4, -0.2) is 21.4 Å². The van der Waals surface area contributed by atoms with E-state index in [2.05, 4.69) is 65.7 Å². The molecule has 1 unspecified atom stereocenters. The first-order valence-electron chi connectivity index (χ1n) is 9.03. The predicted molar refractivity (Wildman–Crippen MR) is 103 cm³/mol. The van der Waals surface area contributed by atoms with Crippen LogP contribution in [0, 0.1) is 0 Å². The van der Waals surface area contributed by atoms with Crippen LogP contribution in [0.2, 0.25) is 24.2 Å². The van der Waals surface area contributed by atoms with E-state index in [-0.39, 0.29) is 0 Å². The molecule has 1 aliphatic rings. The van der Waals surface area contributed by atoms with Gasteiger partial charge in [-0.3, -0.25) is 0 Å². The summed E-state index contributed by atoms with van der Waals surface area (Å²) in [6.07, 6.45) is 9.53. The van der Waals surface area contributed by atoms with Gasteiger partial charge in [-0.1, -0.05) is 71.3 Å². The zero-order chi connectivity index (χ0) is 16.3. The first kappa shape index (κ1) is 19.2. The highest BCUT2D eigenvalue weighted by Crippen LogP contribution is 2.45. The lowest BCUT2D eigenvalue weighted by atomic mass is 9.96.